The molecule has 0 spiro atoms. The van der Waals surface area contributed by atoms with Crippen molar-refractivity contribution in [3.05, 3.63) is 53.3 Å². The number of hydrogen-bond donors (Lipinski definition) is 1. The van der Waals surface area contributed by atoms with Crippen LogP contribution in [0, 0.1) is 6.92 Å². The van der Waals surface area contributed by atoms with Gasteiger partial charge < -0.3 is 10.1 Å². The average Bonchev–Trinajstić information content (AvgIpc) is 2.95. The van der Waals surface area contributed by atoms with Gasteiger partial charge in [0.2, 0.25) is 0 Å². The van der Waals surface area contributed by atoms with E-state index in [1.165, 1.54) is 5.56 Å². The second kappa shape index (κ2) is 7.93. The molecule has 7 heteroatoms. The van der Waals surface area contributed by atoms with Gasteiger partial charge in [-0.1, -0.05) is 12.1 Å². The number of benzene rings is 1. The molecule has 1 aliphatic heterocycles. The van der Waals surface area contributed by atoms with Crippen LogP contribution >= 0.6 is 0 Å². The van der Waals surface area contributed by atoms with Gasteiger partial charge in [-0.25, -0.2) is 4.98 Å². The van der Waals surface area contributed by atoms with E-state index in [9.17, 15) is 4.79 Å². The summed E-state index contributed by atoms with van der Waals surface area (Å²) in [5.74, 6) is -0.145. The lowest BCUT2D eigenvalue weighted by Gasteiger charge is -2.35. The highest BCUT2D eigenvalue weighted by molar-refractivity contribution is 6.04. The van der Waals surface area contributed by atoms with Crippen molar-refractivity contribution in [3.8, 4) is 0 Å². The number of ether oxygens (including phenoxy) is 1. The first kappa shape index (κ1) is 19.5. The summed E-state index contributed by atoms with van der Waals surface area (Å²) in [4.78, 5) is 19.4. The van der Waals surface area contributed by atoms with Crippen molar-refractivity contribution in [2.24, 2.45) is 7.05 Å². The van der Waals surface area contributed by atoms with E-state index in [0.717, 1.165) is 36.4 Å². The highest BCUT2D eigenvalue weighted by atomic mass is 16.5. The first-order chi connectivity index (χ1) is 13.9. The predicted octanol–water partition coefficient (Wildman–Crippen LogP) is 3.14. The zero-order valence-corrected chi connectivity index (χ0v) is 17.3. The molecule has 2 unspecified atom stereocenters. The number of carbonyl (C=O) groups is 1. The summed E-state index contributed by atoms with van der Waals surface area (Å²) in [7, 11) is 1.86. The maximum absolute atomic E-state index is 12.6. The first-order valence-electron chi connectivity index (χ1n) is 9.96. The summed E-state index contributed by atoms with van der Waals surface area (Å²) in [6, 6.07) is 9.70. The molecule has 1 N–H and O–H groups in total. The van der Waals surface area contributed by atoms with Crippen LogP contribution in [-0.4, -0.2) is 50.9 Å². The van der Waals surface area contributed by atoms with Gasteiger partial charge in [-0.05, 0) is 44.5 Å². The molecule has 1 fully saturated rings. The maximum atomic E-state index is 12.6. The van der Waals surface area contributed by atoms with Crippen LogP contribution in [0.5, 0.6) is 0 Å². The van der Waals surface area contributed by atoms with E-state index in [1.54, 1.807) is 10.9 Å². The highest BCUT2D eigenvalue weighted by Gasteiger charge is 2.22. The molecule has 3 heterocycles. The Bertz CT molecular complexity index is 1020. The number of pyridine rings is 1. The molecule has 0 saturated carbocycles. The number of carbonyl (C=O) groups excluding carboxylic acids is 1. The molecule has 1 saturated heterocycles. The van der Waals surface area contributed by atoms with Gasteiger partial charge in [-0.15, -0.1) is 0 Å². The molecule has 0 aliphatic carbocycles. The lowest BCUT2D eigenvalue weighted by atomic mass is 10.1. The van der Waals surface area contributed by atoms with Crippen LogP contribution < -0.4 is 5.32 Å². The van der Waals surface area contributed by atoms with E-state index in [2.05, 4.69) is 34.1 Å². The monoisotopic (exact) mass is 393 g/mol. The van der Waals surface area contributed by atoms with Crippen LogP contribution in [0.2, 0.25) is 0 Å². The Morgan fingerprint density at radius 2 is 1.90 bits per heavy atom. The number of aryl methyl sites for hydroxylation is 2. The molecule has 3 aromatic rings. The second-order valence-electron chi connectivity index (χ2n) is 7.91. The summed E-state index contributed by atoms with van der Waals surface area (Å²) in [5.41, 5.74) is 4.18. The molecule has 1 aromatic carbocycles. The standard InChI is InChI=1S/C22H27N5O2/c1-14-11-27(12-15(2)29-14)13-17-5-7-18(8-6-17)22(28)24-19-9-20-16(3)25-26(4)21(20)23-10-19/h5-10,14-15H,11-13H2,1-4H3,(H,24,28). The van der Waals surface area contributed by atoms with Gasteiger partial charge in [-0.2, -0.15) is 5.10 Å². The Balaban J connectivity index is 1.42. The minimum absolute atomic E-state index is 0.145. The molecule has 2 aromatic heterocycles. The average molecular weight is 393 g/mol. The molecule has 1 amide bonds. The van der Waals surface area contributed by atoms with E-state index in [1.807, 2.05) is 44.3 Å². The zero-order valence-electron chi connectivity index (χ0n) is 17.3. The molecular weight excluding hydrogens is 366 g/mol. The Kier molecular flexibility index (Phi) is 5.34. The number of morpholine rings is 1. The van der Waals surface area contributed by atoms with Gasteiger partial charge >= 0.3 is 0 Å². The minimum Gasteiger partial charge on any atom is -0.373 e. The number of anilines is 1. The van der Waals surface area contributed by atoms with Crippen molar-refractivity contribution in [1.29, 1.82) is 0 Å². The van der Waals surface area contributed by atoms with Crippen molar-refractivity contribution in [3.63, 3.8) is 0 Å². The lowest BCUT2D eigenvalue weighted by Crippen LogP contribution is -2.44. The van der Waals surface area contributed by atoms with Crippen molar-refractivity contribution >= 4 is 22.6 Å². The fourth-order valence-corrected chi connectivity index (χ4v) is 4.01. The summed E-state index contributed by atoms with van der Waals surface area (Å²) < 4.78 is 7.53. The quantitative estimate of drug-likeness (QED) is 0.737. The van der Waals surface area contributed by atoms with Gasteiger partial charge in [0.1, 0.15) is 0 Å². The fourth-order valence-electron chi connectivity index (χ4n) is 4.01. The van der Waals surface area contributed by atoms with Crippen LogP contribution in [0.4, 0.5) is 5.69 Å². The number of rotatable bonds is 4. The van der Waals surface area contributed by atoms with Crippen molar-refractivity contribution in [1.82, 2.24) is 19.7 Å². The fraction of sp³-hybridized carbons (Fsp3) is 0.409. The Hall–Kier alpha value is -2.77. The smallest absolute Gasteiger partial charge is 0.255 e. The van der Waals surface area contributed by atoms with Gasteiger partial charge in [0.05, 0.1) is 29.8 Å². The van der Waals surface area contributed by atoms with Crippen LogP contribution in [0.15, 0.2) is 36.5 Å². The molecule has 0 radical (unpaired) electrons. The van der Waals surface area contributed by atoms with Crippen LogP contribution in [0.1, 0.15) is 35.5 Å². The van der Waals surface area contributed by atoms with Crippen molar-refractivity contribution in [2.75, 3.05) is 18.4 Å². The van der Waals surface area contributed by atoms with Gasteiger partial charge in [0.15, 0.2) is 5.65 Å². The summed E-state index contributed by atoms with van der Waals surface area (Å²) >= 11 is 0. The third-order valence-electron chi connectivity index (χ3n) is 5.24. The van der Waals surface area contributed by atoms with Crippen LogP contribution in [-0.2, 0) is 18.3 Å². The number of hydrogen-bond acceptors (Lipinski definition) is 5. The van der Waals surface area contributed by atoms with E-state index < -0.39 is 0 Å². The molecule has 4 rings (SSSR count). The predicted molar refractivity (Wildman–Crippen MR) is 113 cm³/mol. The van der Waals surface area contributed by atoms with Gasteiger partial charge in [0, 0.05) is 37.6 Å². The second-order valence-corrected chi connectivity index (χ2v) is 7.91. The van der Waals surface area contributed by atoms with Crippen LogP contribution in [0.3, 0.4) is 0 Å². The van der Waals surface area contributed by atoms with Gasteiger partial charge in [-0.3, -0.25) is 14.4 Å². The first-order valence-corrected chi connectivity index (χ1v) is 9.96. The molecule has 29 heavy (non-hydrogen) atoms. The molecule has 1 aliphatic rings. The largest absolute Gasteiger partial charge is 0.373 e. The SMILES string of the molecule is Cc1nn(C)c2ncc(NC(=O)c3ccc(CN4CC(C)OC(C)C4)cc3)cc12. The van der Waals surface area contributed by atoms with E-state index in [4.69, 9.17) is 4.74 Å². The minimum atomic E-state index is -0.145. The van der Waals surface area contributed by atoms with Crippen molar-refractivity contribution in [2.45, 2.75) is 39.5 Å². The molecular formula is C22H27N5O2. The molecule has 2 atom stereocenters. The Morgan fingerprint density at radius 3 is 2.59 bits per heavy atom. The molecule has 0 bridgehead atoms. The van der Waals surface area contributed by atoms with Crippen molar-refractivity contribution < 1.29 is 9.53 Å². The number of fused-ring (bicyclic) bond motifs is 1. The van der Waals surface area contributed by atoms with Crippen LogP contribution in [0.25, 0.3) is 11.0 Å². The number of nitrogens with one attached hydrogen (secondary N) is 1. The molecule has 7 nitrogen and oxygen atoms in total. The van der Waals surface area contributed by atoms with E-state index >= 15 is 0 Å². The summed E-state index contributed by atoms with van der Waals surface area (Å²) in [5, 5.41) is 8.24. The van der Waals surface area contributed by atoms with Gasteiger partial charge in [0.25, 0.3) is 5.91 Å². The molecule has 152 valence electrons. The van der Waals surface area contributed by atoms with E-state index in [-0.39, 0.29) is 18.1 Å². The number of aromatic nitrogens is 3. The number of amides is 1. The summed E-state index contributed by atoms with van der Waals surface area (Å²) in [6.45, 7) is 8.86. The summed E-state index contributed by atoms with van der Waals surface area (Å²) in [6.07, 6.45) is 2.16. The zero-order chi connectivity index (χ0) is 20.5. The highest BCUT2D eigenvalue weighted by Crippen LogP contribution is 2.20. The number of nitrogens with zero attached hydrogens (tertiary/aromatic N) is 4. The lowest BCUT2D eigenvalue weighted by molar-refractivity contribution is -0.0704. The maximum Gasteiger partial charge on any atom is 0.255 e. The third kappa shape index (κ3) is 4.31. The third-order valence-corrected chi connectivity index (χ3v) is 5.24. The normalized spacial score (nSPS) is 20.1. The van der Waals surface area contributed by atoms with E-state index in [0.29, 0.717) is 11.3 Å². The Morgan fingerprint density at radius 1 is 1.21 bits per heavy atom. The topological polar surface area (TPSA) is 72.3 Å². The Labute approximate surface area is 170 Å².